The highest BCUT2D eigenvalue weighted by molar-refractivity contribution is 5.82. The average molecular weight is 706 g/mol. The van der Waals surface area contributed by atoms with E-state index < -0.39 is 0 Å². The number of rotatable bonds is 14. The molecule has 1 aromatic carbocycles. The highest BCUT2D eigenvalue weighted by atomic mass is 16.5. The van der Waals surface area contributed by atoms with Crippen LogP contribution in [0.25, 0.3) is 6.08 Å². The molecule has 0 spiro atoms. The normalized spacial score (nSPS) is 14.6. The van der Waals surface area contributed by atoms with Crippen molar-refractivity contribution < 1.29 is 33.3 Å². The van der Waals surface area contributed by atoms with Crippen LogP contribution in [0.3, 0.4) is 0 Å². The molecular formula is C41H59N3O7. The van der Waals surface area contributed by atoms with Gasteiger partial charge in [0.15, 0.2) is 0 Å². The van der Waals surface area contributed by atoms with Crippen molar-refractivity contribution in [3.05, 3.63) is 101 Å². The summed E-state index contributed by atoms with van der Waals surface area (Å²) in [5.74, 6) is 3.01. The van der Waals surface area contributed by atoms with E-state index in [-0.39, 0.29) is 24.1 Å². The Labute approximate surface area is 305 Å². The van der Waals surface area contributed by atoms with Crippen LogP contribution in [0.1, 0.15) is 65.9 Å². The van der Waals surface area contributed by atoms with Crippen molar-refractivity contribution in [1.29, 1.82) is 0 Å². The molecule has 3 rings (SSSR count). The predicted octanol–water partition coefficient (Wildman–Crippen LogP) is 7.18. The number of methoxy groups -OCH3 is 2. The van der Waals surface area contributed by atoms with Crippen molar-refractivity contribution in [2.45, 2.75) is 60.3 Å². The first-order valence-electron chi connectivity index (χ1n) is 17.5. The summed E-state index contributed by atoms with van der Waals surface area (Å²) in [5, 5.41) is 2.80. The fourth-order valence-corrected chi connectivity index (χ4v) is 4.71. The lowest BCUT2D eigenvalue weighted by molar-refractivity contribution is -0.132. The summed E-state index contributed by atoms with van der Waals surface area (Å²) in [5.41, 5.74) is 3.60. The molecule has 51 heavy (non-hydrogen) atoms. The Morgan fingerprint density at radius 3 is 2.16 bits per heavy atom. The zero-order valence-electron chi connectivity index (χ0n) is 32.2. The van der Waals surface area contributed by atoms with Gasteiger partial charge in [-0.25, -0.2) is 0 Å². The van der Waals surface area contributed by atoms with E-state index in [1.807, 2.05) is 88.4 Å². The van der Waals surface area contributed by atoms with Gasteiger partial charge in [0.2, 0.25) is 17.7 Å². The molecule has 1 fully saturated rings. The van der Waals surface area contributed by atoms with E-state index >= 15 is 0 Å². The number of nitrogens with zero attached hydrogens (tertiary/aromatic N) is 2. The molecular weight excluding hydrogens is 646 g/mol. The number of hydrogen-bond donors (Lipinski definition) is 1. The van der Waals surface area contributed by atoms with Gasteiger partial charge in [-0.05, 0) is 66.8 Å². The van der Waals surface area contributed by atoms with Gasteiger partial charge < -0.3 is 34.1 Å². The minimum absolute atomic E-state index is 0.00382. The van der Waals surface area contributed by atoms with Crippen molar-refractivity contribution in [1.82, 2.24) is 15.1 Å². The number of morpholine rings is 1. The van der Waals surface area contributed by atoms with Crippen molar-refractivity contribution in [3.8, 4) is 11.5 Å². The summed E-state index contributed by atoms with van der Waals surface area (Å²) in [7, 11) is 6.72. The number of carbonyl (C=O) groups is 3. The molecule has 10 nitrogen and oxygen atoms in total. The summed E-state index contributed by atoms with van der Waals surface area (Å²) in [6.07, 6.45) is 17.3. The number of carbonyl (C=O) groups excluding carboxylic acids is 3. The third kappa shape index (κ3) is 17.6. The molecule has 3 amide bonds. The Kier molecular flexibility index (Phi) is 21.8. The molecule has 0 radical (unpaired) electrons. The molecule has 0 saturated carbocycles. The molecule has 280 valence electrons. The quantitative estimate of drug-likeness (QED) is 0.162. The van der Waals surface area contributed by atoms with Gasteiger partial charge in [0.25, 0.3) is 0 Å². The lowest BCUT2D eigenvalue weighted by Crippen LogP contribution is -2.39. The van der Waals surface area contributed by atoms with Crippen LogP contribution in [0.5, 0.6) is 11.5 Å². The van der Waals surface area contributed by atoms with E-state index in [1.165, 1.54) is 0 Å². The Morgan fingerprint density at radius 2 is 1.63 bits per heavy atom. The SMILES string of the molecule is C=C/C(=C\C=C(/C)OC1=CC=C(/C(=C\c2cc(OC)cc(OC)c2)CC(=O)N(C)C)C=CC1)CCC(=O)NCC.CC.CC(=O)N1CCOCC1. The summed E-state index contributed by atoms with van der Waals surface area (Å²) < 4.78 is 22.0. The van der Waals surface area contributed by atoms with Gasteiger partial charge in [0.05, 0.1) is 33.9 Å². The van der Waals surface area contributed by atoms with Crippen LogP contribution in [0, 0.1) is 0 Å². The molecule has 1 aliphatic carbocycles. The lowest BCUT2D eigenvalue weighted by atomic mass is 9.98. The zero-order chi connectivity index (χ0) is 38.2. The Morgan fingerprint density at radius 1 is 0.980 bits per heavy atom. The fraction of sp³-hybridized carbons (Fsp3) is 0.439. The molecule has 0 aromatic heterocycles. The first kappa shape index (κ1) is 44.2. The highest BCUT2D eigenvalue weighted by Gasteiger charge is 2.14. The van der Waals surface area contributed by atoms with Crippen LogP contribution in [-0.4, -0.2) is 88.7 Å². The third-order valence-corrected chi connectivity index (χ3v) is 7.55. The summed E-state index contributed by atoms with van der Waals surface area (Å²) in [6, 6.07) is 5.62. The van der Waals surface area contributed by atoms with Gasteiger partial charge >= 0.3 is 0 Å². The molecule has 1 aromatic rings. The van der Waals surface area contributed by atoms with Crippen LogP contribution in [0.4, 0.5) is 0 Å². The number of hydrogen-bond acceptors (Lipinski definition) is 7. The van der Waals surface area contributed by atoms with Crippen molar-refractivity contribution in [2.24, 2.45) is 0 Å². The molecule has 1 heterocycles. The zero-order valence-corrected chi connectivity index (χ0v) is 32.2. The van der Waals surface area contributed by atoms with Crippen molar-refractivity contribution >= 4 is 23.8 Å². The second-order valence-electron chi connectivity index (χ2n) is 11.5. The number of allylic oxidation sites excluding steroid dienone is 10. The third-order valence-electron chi connectivity index (χ3n) is 7.55. The monoisotopic (exact) mass is 705 g/mol. The van der Waals surface area contributed by atoms with Crippen LogP contribution in [0.2, 0.25) is 0 Å². The number of ether oxygens (including phenoxy) is 4. The standard InChI is InChI=1S/C33H42N2O5.C6H11NO2.C2H6/c1-8-25(15-18-32(36)34-9-2)14-13-24(3)40-29-12-10-11-27(16-17-29)28(22-33(37)35(4)5)19-26-20-30(38-6)23-31(21-26)39-7;1-6(8)7-2-4-9-5-3-7;1-2/h8,10-11,13-14,16-17,19-21,23H,1,9,12,15,18,22H2,2-7H3,(H,34,36);2-5H2,1H3;1-2H3/b24-13+,25-14+,28-19-;;. The molecule has 0 bridgehead atoms. The minimum atomic E-state index is -0.00382. The first-order valence-corrected chi connectivity index (χ1v) is 17.5. The van der Waals surface area contributed by atoms with E-state index in [4.69, 9.17) is 18.9 Å². The largest absolute Gasteiger partial charge is 0.497 e. The fourth-order valence-electron chi connectivity index (χ4n) is 4.71. The maximum atomic E-state index is 12.7. The number of benzene rings is 1. The van der Waals surface area contributed by atoms with E-state index in [2.05, 4.69) is 11.9 Å². The summed E-state index contributed by atoms with van der Waals surface area (Å²) >= 11 is 0. The van der Waals surface area contributed by atoms with Gasteiger partial charge in [-0.15, -0.1) is 0 Å². The number of amides is 3. The van der Waals surface area contributed by atoms with Crippen LogP contribution in [-0.2, 0) is 23.9 Å². The maximum Gasteiger partial charge on any atom is 0.226 e. The first-order chi connectivity index (χ1) is 24.5. The van der Waals surface area contributed by atoms with Crippen LogP contribution < -0.4 is 14.8 Å². The second-order valence-corrected chi connectivity index (χ2v) is 11.5. The Bertz CT molecular complexity index is 1450. The second kappa shape index (κ2) is 25.2. The molecule has 1 aliphatic heterocycles. The van der Waals surface area contributed by atoms with E-state index in [1.54, 1.807) is 51.1 Å². The molecule has 10 heteroatoms. The minimum Gasteiger partial charge on any atom is -0.497 e. The molecule has 0 atom stereocenters. The average Bonchev–Trinajstić information content (AvgIpc) is 3.38. The molecule has 1 N–H and O–H groups in total. The van der Waals surface area contributed by atoms with Crippen LogP contribution in [0.15, 0.2) is 95.5 Å². The molecule has 1 saturated heterocycles. The van der Waals surface area contributed by atoms with E-state index in [0.717, 1.165) is 46.9 Å². The lowest BCUT2D eigenvalue weighted by Gasteiger charge is -2.25. The van der Waals surface area contributed by atoms with E-state index in [9.17, 15) is 14.4 Å². The Balaban J connectivity index is 0.00000101. The van der Waals surface area contributed by atoms with Gasteiger partial charge in [-0.1, -0.05) is 56.9 Å². The summed E-state index contributed by atoms with van der Waals surface area (Å²) in [6.45, 7) is 16.8. The number of nitrogens with one attached hydrogen (secondary N) is 1. The van der Waals surface area contributed by atoms with Crippen LogP contribution >= 0.6 is 0 Å². The van der Waals surface area contributed by atoms with Gasteiger partial charge in [-0.3, -0.25) is 14.4 Å². The van der Waals surface area contributed by atoms with Crippen molar-refractivity contribution in [3.63, 3.8) is 0 Å². The van der Waals surface area contributed by atoms with E-state index in [0.29, 0.717) is 50.5 Å². The summed E-state index contributed by atoms with van der Waals surface area (Å²) in [4.78, 5) is 38.5. The van der Waals surface area contributed by atoms with Crippen molar-refractivity contribution in [2.75, 3.05) is 61.2 Å². The van der Waals surface area contributed by atoms with Gasteiger partial charge in [0.1, 0.15) is 23.0 Å². The van der Waals surface area contributed by atoms with Gasteiger partial charge in [-0.2, -0.15) is 0 Å². The maximum absolute atomic E-state index is 12.7. The molecule has 0 unspecified atom stereocenters. The topological polar surface area (TPSA) is 107 Å². The highest BCUT2D eigenvalue weighted by Crippen LogP contribution is 2.28. The smallest absolute Gasteiger partial charge is 0.226 e. The Hall–Kier alpha value is -4.83. The molecule has 2 aliphatic rings. The van der Waals surface area contributed by atoms with Gasteiger partial charge in [0, 0.05) is 59.6 Å². The predicted molar refractivity (Wildman–Crippen MR) is 206 cm³/mol.